The van der Waals surface area contributed by atoms with Crippen LogP contribution in [0.15, 0.2) is 18.2 Å². The van der Waals surface area contributed by atoms with Gasteiger partial charge in [0.2, 0.25) is 0 Å². The van der Waals surface area contributed by atoms with Crippen molar-refractivity contribution in [3.8, 4) is 0 Å². The van der Waals surface area contributed by atoms with E-state index in [4.69, 9.17) is 27.9 Å². The van der Waals surface area contributed by atoms with E-state index in [0.717, 1.165) is 18.4 Å². The Morgan fingerprint density at radius 2 is 2.06 bits per heavy atom. The van der Waals surface area contributed by atoms with Gasteiger partial charge in [0, 0.05) is 13.5 Å². The second-order valence-corrected chi connectivity index (χ2v) is 4.83. The van der Waals surface area contributed by atoms with Crippen LogP contribution in [0.5, 0.6) is 0 Å². The number of aliphatic hydroxyl groups excluding tert-OH is 1. The third kappa shape index (κ3) is 4.14. The molecule has 1 rings (SSSR count). The lowest BCUT2D eigenvalue weighted by Crippen LogP contribution is -2.29. The predicted octanol–water partition coefficient (Wildman–Crippen LogP) is 3.71. The maximum absolute atomic E-state index is 10.1. The number of hydrogen-bond donors (Lipinski definition) is 1. The fourth-order valence-electron chi connectivity index (χ4n) is 1.81. The molecule has 4 heteroatoms. The van der Waals surface area contributed by atoms with E-state index in [1.54, 1.807) is 13.2 Å². The number of hydrogen-bond acceptors (Lipinski definition) is 2. The molecule has 1 aromatic carbocycles. The van der Waals surface area contributed by atoms with Gasteiger partial charge in [0.05, 0.1) is 22.3 Å². The highest BCUT2D eigenvalue weighted by Gasteiger charge is 2.19. The van der Waals surface area contributed by atoms with Crippen LogP contribution in [0.4, 0.5) is 0 Å². The van der Waals surface area contributed by atoms with Crippen LogP contribution in [0.2, 0.25) is 10.0 Å². The van der Waals surface area contributed by atoms with E-state index in [2.05, 4.69) is 6.92 Å². The number of halogens is 2. The van der Waals surface area contributed by atoms with E-state index in [1.807, 2.05) is 12.1 Å². The molecular weight excluding hydrogens is 259 g/mol. The second kappa shape index (κ2) is 7.22. The number of aliphatic hydroxyl groups is 1. The molecule has 0 aliphatic heterocycles. The molecule has 0 radical (unpaired) electrons. The highest BCUT2D eigenvalue weighted by atomic mass is 35.5. The smallest absolute Gasteiger partial charge is 0.0842 e. The van der Waals surface area contributed by atoms with Crippen LogP contribution in [0.25, 0.3) is 0 Å². The van der Waals surface area contributed by atoms with Crippen LogP contribution in [0, 0.1) is 0 Å². The van der Waals surface area contributed by atoms with Gasteiger partial charge in [-0.3, -0.25) is 0 Å². The Morgan fingerprint density at radius 1 is 1.35 bits per heavy atom. The van der Waals surface area contributed by atoms with Crippen LogP contribution in [0.1, 0.15) is 25.3 Å². The highest BCUT2D eigenvalue weighted by Crippen LogP contribution is 2.27. The average Bonchev–Trinajstić information content (AvgIpc) is 2.31. The Balaban J connectivity index is 2.72. The number of methoxy groups -OCH3 is 1. The number of benzene rings is 1. The van der Waals surface area contributed by atoms with Crippen LogP contribution >= 0.6 is 23.2 Å². The zero-order chi connectivity index (χ0) is 12.8. The number of rotatable bonds is 6. The molecule has 2 unspecified atom stereocenters. The first kappa shape index (κ1) is 14.8. The van der Waals surface area contributed by atoms with Crippen molar-refractivity contribution < 1.29 is 9.84 Å². The summed E-state index contributed by atoms with van der Waals surface area (Å²) in [5.74, 6) is 0. The van der Waals surface area contributed by atoms with Gasteiger partial charge in [-0.25, -0.2) is 0 Å². The van der Waals surface area contributed by atoms with Crippen molar-refractivity contribution >= 4 is 23.2 Å². The van der Waals surface area contributed by atoms with Gasteiger partial charge in [0.25, 0.3) is 0 Å². The monoisotopic (exact) mass is 276 g/mol. The maximum atomic E-state index is 10.1. The molecule has 0 spiro atoms. The lowest BCUT2D eigenvalue weighted by molar-refractivity contribution is -0.0159. The minimum Gasteiger partial charge on any atom is -0.390 e. The van der Waals surface area contributed by atoms with Gasteiger partial charge in [-0.2, -0.15) is 0 Å². The van der Waals surface area contributed by atoms with E-state index in [0.29, 0.717) is 16.5 Å². The molecule has 0 heterocycles. The SMILES string of the molecule is CCCC(OC)C(O)Cc1cccc(Cl)c1Cl. The summed E-state index contributed by atoms with van der Waals surface area (Å²) in [7, 11) is 1.61. The molecule has 1 N–H and O–H groups in total. The van der Waals surface area contributed by atoms with E-state index < -0.39 is 6.10 Å². The van der Waals surface area contributed by atoms with Crippen molar-refractivity contribution in [3.63, 3.8) is 0 Å². The third-order valence-electron chi connectivity index (χ3n) is 2.77. The van der Waals surface area contributed by atoms with Crippen LogP contribution in [0.3, 0.4) is 0 Å². The van der Waals surface area contributed by atoms with Gasteiger partial charge in [-0.1, -0.05) is 48.7 Å². The second-order valence-electron chi connectivity index (χ2n) is 4.05. The topological polar surface area (TPSA) is 29.5 Å². The molecule has 17 heavy (non-hydrogen) atoms. The lowest BCUT2D eigenvalue weighted by atomic mass is 10.0. The fraction of sp³-hybridized carbons (Fsp3) is 0.538. The third-order valence-corrected chi connectivity index (χ3v) is 3.62. The highest BCUT2D eigenvalue weighted by molar-refractivity contribution is 6.42. The van der Waals surface area contributed by atoms with Gasteiger partial charge in [-0.05, 0) is 18.1 Å². The molecule has 0 fully saturated rings. The maximum Gasteiger partial charge on any atom is 0.0842 e. The minimum absolute atomic E-state index is 0.157. The van der Waals surface area contributed by atoms with Gasteiger partial charge in [0.15, 0.2) is 0 Å². The van der Waals surface area contributed by atoms with E-state index >= 15 is 0 Å². The zero-order valence-corrected chi connectivity index (χ0v) is 11.6. The van der Waals surface area contributed by atoms with Crippen LogP contribution in [-0.4, -0.2) is 24.4 Å². The fourth-order valence-corrected chi connectivity index (χ4v) is 2.21. The Morgan fingerprint density at radius 3 is 2.65 bits per heavy atom. The Kier molecular flexibility index (Phi) is 6.28. The molecule has 2 nitrogen and oxygen atoms in total. The average molecular weight is 277 g/mol. The van der Waals surface area contributed by atoms with Gasteiger partial charge >= 0.3 is 0 Å². The Hall–Kier alpha value is -0.280. The summed E-state index contributed by atoms with van der Waals surface area (Å²) in [6.45, 7) is 2.06. The van der Waals surface area contributed by atoms with Crippen molar-refractivity contribution in [1.29, 1.82) is 0 Å². The lowest BCUT2D eigenvalue weighted by Gasteiger charge is -2.21. The Labute approximate surface area is 113 Å². The normalized spacial score (nSPS) is 14.6. The largest absolute Gasteiger partial charge is 0.390 e. The summed E-state index contributed by atoms with van der Waals surface area (Å²) in [6, 6.07) is 5.44. The van der Waals surface area contributed by atoms with Crippen molar-refractivity contribution in [2.75, 3.05) is 7.11 Å². The summed E-state index contributed by atoms with van der Waals surface area (Å²) in [5, 5.41) is 11.1. The van der Waals surface area contributed by atoms with Crippen molar-refractivity contribution in [3.05, 3.63) is 33.8 Å². The molecule has 0 saturated heterocycles. The zero-order valence-electron chi connectivity index (χ0n) is 10.1. The first-order valence-electron chi connectivity index (χ1n) is 5.73. The molecule has 96 valence electrons. The first-order chi connectivity index (χ1) is 8.10. The minimum atomic E-state index is -0.559. The van der Waals surface area contributed by atoms with Gasteiger partial charge in [-0.15, -0.1) is 0 Å². The van der Waals surface area contributed by atoms with Gasteiger partial charge in [0.1, 0.15) is 0 Å². The molecular formula is C13H18Cl2O2. The quantitative estimate of drug-likeness (QED) is 0.858. The molecule has 1 aromatic rings. The summed E-state index contributed by atoms with van der Waals surface area (Å²) in [4.78, 5) is 0. The summed E-state index contributed by atoms with van der Waals surface area (Å²) in [6.07, 6.45) is 1.54. The molecule has 0 aliphatic carbocycles. The summed E-state index contributed by atoms with van der Waals surface area (Å²) >= 11 is 12.0. The molecule has 0 aliphatic rings. The van der Waals surface area contributed by atoms with Crippen molar-refractivity contribution in [2.24, 2.45) is 0 Å². The van der Waals surface area contributed by atoms with E-state index in [-0.39, 0.29) is 6.10 Å². The van der Waals surface area contributed by atoms with E-state index in [9.17, 15) is 5.11 Å². The van der Waals surface area contributed by atoms with Crippen molar-refractivity contribution in [2.45, 2.75) is 38.4 Å². The van der Waals surface area contributed by atoms with Crippen LogP contribution in [-0.2, 0) is 11.2 Å². The Bertz CT molecular complexity index is 355. The number of ether oxygens (including phenoxy) is 1. The summed E-state index contributed by atoms with van der Waals surface area (Å²) < 4.78 is 5.27. The molecule has 0 aromatic heterocycles. The molecule has 0 amide bonds. The molecule has 0 saturated carbocycles. The van der Waals surface area contributed by atoms with E-state index in [1.165, 1.54) is 0 Å². The van der Waals surface area contributed by atoms with Crippen LogP contribution < -0.4 is 0 Å². The van der Waals surface area contributed by atoms with Gasteiger partial charge < -0.3 is 9.84 Å². The predicted molar refractivity (Wildman–Crippen MR) is 71.9 cm³/mol. The molecule has 0 bridgehead atoms. The molecule has 2 atom stereocenters. The standard InChI is InChI=1S/C13H18Cl2O2/c1-3-5-12(17-2)11(16)8-9-6-4-7-10(14)13(9)15/h4,6-7,11-12,16H,3,5,8H2,1-2H3. The van der Waals surface area contributed by atoms with Crippen molar-refractivity contribution in [1.82, 2.24) is 0 Å². The first-order valence-corrected chi connectivity index (χ1v) is 6.49. The summed E-state index contributed by atoms with van der Waals surface area (Å²) in [5.41, 5.74) is 0.852.